The molecule has 0 fully saturated rings. The Kier molecular flexibility index (Phi) is 5.04. The number of hydrogen-bond donors (Lipinski definition) is 1. The molecule has 1 aromatic heterocycles. The van der Waals surface area contributed by atoms with Gasteiger partial charge in [0.1, 0.15) is 0 Å². The molecule has 1 heterocycles. The molecule has 0 saturated carbocycles. The number of rotatable bonds is 6. The van der Waals surface area contributed by atoms with Crippen LogP contribution in [0.2, 0.25) is 0 Å². The summed E-state index contributed by atoms with van der Waals surface area (Å²) in [7, 11) is 5.93. The van der Waals surface area contributed by atoms with Crippen LogP contribution in [0.4, 0.5) is 5.13 Å². The van der Waals surface area contributed by atoms with Crippen molar-refractivity contribution in [2.75, 3.05) is 39.3 Å². The Morgan fingerprint density at radius 1 is 1.50 bits per heavy atom. The van der Waals surface area contributed by atoms with Crippen LogP contribution in [-0.2, 0) is 11.2 Å². The summed E-state index contributed by atoms with van der Waals surface area (Å²) in [5.41, 5.74) is 1.62. The molecule has 0 bridgehead atoms. The fraction of sp³-hybridized carbons (Fsp3) is 0.800. The van der Waals surface area contributed by atoms with Crippen LogP contribution >= 0.6 is 11.3 Å². The number of fused-ring (bicyclic) bond motifs is 1. The van der Waals surface area contributed by atoms with Crippen molar-refractivity contribution < 1.29 is 4.74 Å². The van der Waals surface area contributed by atoms with Gasteiger partial charge in [0, 0.05) is 38.2 Å². The molecule has 0 spiro atoms. The predicted molar refractivity (Wildman–Crippen MR) is 85.8 cm³/mol. The third-order valence-electron chi connectivity index (χ3n) is 3.95. The first-order chi connectivity index (χ1) is 9.46. The van der Waals surface area contributed by atoms with Crippen molar-refractivity contribution in [1.29, 1.82) is 0 Å². The summed E-state index contributed by atoms with van der Waals surface area (Å²) in [6.07, 6.45) is 3.31. The second kappa shape index (κ2) is 6.41. The van der Waals surface area contributed by atoms with Gasteiger partial charge in [0.05, 0.1) is 5.69 Å². The lowest BCUT2D eigenvalue weighted by Gasteiger charge is -2.34. The predicted octanol–water partition coefficient (Wildman–Crippen LogP) is 2.85. The smallest absolute Gasteiger partial charge is 0.185 e. The summed E-state index contributed by atoms with van der Waals surface area (Å²) in [5, 5.41) is 4.59. The summed E-state index contributed by atoms with van der Waals surface area (Å²) in [4.78, 5) is 8.57. The van der Waals surface area contributed by atoms with E-state index >= 15 is 0 Å². The minimum atomic E-state index is 0.334. The minimum Gasteiger partial charge on any atom is -0.385 e. The molecule has 20 heavy (non-hydrogen) atoms. The molecule has 1 aliphatic carbocycles. The molecule has 1 aromatic rings. The topological polar surface area (TPSA) is 37.4 Å². The zero-order valence-corrected chi connectivity index (χ0v) is 14.1. The molecule has 2 rings (SSSR count). The Labute approximate surface area is 126 Å². The first-order valence-corrected chi connectivity index (χ1v) is 8.15. The van der Waals surface area contributed by atoms with Crippen LogP contribution in [0.5, 0.6) is 0 Å². The highest BCUT2D eigenvalue weighted by molar-refractivity contribution is 7.15. The molecule has 5 heteroatoms. The zero-order chi connectivity index (χ0) is 14.8. The quantitative estimate of drug-likeness (QED) is 0.819. The lowest BCUT2D eigenvalue weighted by atomic mass is 9.76. The molecule has 4 nitrogen and oxygen atoms in total. The highest BCUT2D eigenvalue weighted by Gasteiger charge is 2.34. The molecule has 0 radical (unpaired) electrons. The highest BCUT2D eigenvalue weighted by atomic mass is 32.1. The van der Waals surface area contributed by atoms with Crippen molar-refractivity contribution >= 4 is 16.5 Å². The van der Waals surface area contributed by atoms with E-state index < -0.39 is 0 Å². The molecule has 1 unspecified atom stereocenters. The van der Waals surface area contributed by atoms with Gasteiger partial charge < -0.3 is 15.0 Å². The number of nitrogens with zero attached hydrogens (tertiary/aromatic N) is 2. The van der Waals surface area contributed by atoms with Crippen LogP contribution in [0, 0.1) is 5.41 Å². The van der Waals surface area contributed by atoms with Gasteiger partial charge in [0.25, 0.3) is 0 Å². The highest BCUT2D eigenvalue weighted by Crippen LogP contribution is 2.44. The second-order valence-electron chi connectivity index (χ2n) is 6.46. The van der Waals surface area contributed by atoms with E-state index in [4.69, 9.17) is 9.72 Å². The SMILES string of the molecule is CNC1CC(C)(C)Cc2nc(N(C)CCCOC)sc21. The van der Waals surface area contributed by atoms with Crippen molar-refractivity contribution in [3.05, 3.63) is 10.6 Å². The van der Waals surface area contributed by atoms with Crippen LogP contribution in [0.25, 0.3) is 0 Å². The standard InChI is InChI=1S/C15H27N3OS/c1-15(2)9-11(16-3)13-12(10-15)17-14(20-13)18(4)7-6-8-19-5/h11,16H,6-10H2,1-5H3. The van der Waals surface area contributed by atoms with E-state index in [1.807, 2.05) is 11.3 Å². The largest absolute Gasteiger partial charge is 0.385 e. The lowest BCUT2D eigenvalue weighted by molar-refractivity contribution is 0.196. The zero-order valence-electron chi connectivity index (χ0n) is 13.3. The third-order valence-corrected chi connectivity index (χ3v) is 5.28. The summed E-state index contributed by atoms with van der Waals surface area (Å²) in [5.74, 6) is 0. The van der Waals surface area contributed by atoms with Gasteiger partial charge in [-0.15, -0.1) is 0 Å². The number of anilines is 1. The van der Waals surface area contributed by atoms with Gasteiger partial charge in [-0.1, -0.05) is 25.2 Å². The van der Waals surface area contributed by atoms with Gasteiger partial charge in [0.2, 0.25) is 0 Å². The Balaban J connectivity index is 2.13. The number of hydrogen-bond acceptors (Lipinski definition) is 5. The van der Waals surface area contributed by atoms with Crippen LogP contribution in [0.1, 0.15) is 43.3 Å². The molecular formula is C15H27N3OS. The van der Waals surface area contributed by atoms with Crippen molar-refractivity contribution in [3.8, 4) is 0 Å². The fourth-order valence-corrected chi connectivity index (χ4v) is 4.04. The van der Waals surface area contributed by atoms with Crippen molar-refractivity contribution in [2.24, 2.45) is 5.41 Å². The van der Waals surface area contributed by atoms with Gasteiger partial charge in [-0.2, -0.15) is 0 Å². The Bertz CT molecular complexity index is 444. The summed E-state index contributed by atoms with van der Waals surface area (Å²) >= 11 is 1.85. The van der Waals surface area contributed by atoms with Gasteiger partial charge in [-0.05, 0) is 31.7 Å². The van der Waals surface area contributed by atoms with E-state index in [0.717, 1.165) is 31.1 Å². The molecule has 0 amide bonds. The summed E-state index contributed by atoms with van der Waals surface area (Å²) in [6, 6.07) is 0.451. The van der Waals surface area contributed by atoms with Gasteiger partial charge in [-0.25, -0.2) is 4.98 Å². The summed E-state index contributed by atoms with van der Waals surface area (Å²) in [6.45, 7) is 6.47. The monoisotopic (exact) mass is 297 g/mol. The lowest BCUT2D eigenvalue weighted by Crippen LogP contribution is -2.30. The van der Waals surface area contributed by atoms with Crippen molar-refractivity contribution in [3.63, 3.8) is 0 Å². The molecule has 0 aliphatic heterocycles. The van der Waals surface area contributed by atoms with Crippen LogP contribution in [0.15, 0.2) is 0 Å². The first kappa shape index (κ1) is 15.7. The van der Waals surface area contributed by atoms with E-state index in [2.05, 4.69) is 38.2 Å². The molecular weight excluding hydrogens is 270 g/mol. The van der Waals surface area contributed by atoms with Crippen LogP contribution < -0.4 is 10.2 Å². The van der Waals surface area contributed by atoms with Crippen LogP contribution in [-0.4, -0.2) is 39.3 Å². The van der Waals surface area contributed by atoms with Crippen molar-refractivity contribution in [1.82, 2.24) is 10.3 Å². The Morgan fingerprint density at radius 2 is 2.25 bits per heavy atom. The molecule has 1 atom stereocenters. The third kappa shape index (κ3) is 3.51. The maximum atomic E-state index is 5.12. The minimum absolute atomic E-state index is 0.334. The van der Waals surface area contributed by atoms with E-state index in [1.165, 1.54) is 17.0 Å². The average Bonchev–Trinajstić information content (AvgIpc) is 2.80. The number of methoxy groups -OCH3 is 1. The number of aromatic nitrogens is 1. The Hall–Kier alpha value is -0.650. The first-order valence-electron chi connectivity index (χ1n) is 7.34. The van der Waals surface area contributed by atoms with Crippen molar-refractivity contribution in [2.45, 2.75) is 39.2 Å². The van der Waals surface area contributed by atoms with E-state index in [0.29, 0.717) is 11.5 Å². The second-order valence-corrected chi connectivity index (χ2v) is 7.47. The van der Waals surface area contributed by atoms with Gasteiger partial charge in [-0.3, -0.25) is 0 Å². The van der Waals surface area contributed by atoms with E-state index in [1.54, 1.807) is 7.11 Å². The van der Waals surface area contributed by atoms with Gasteiger partial charge in [0.15, 0.2) is 5.13 Å². The van der Waals surface area contributed by atoms with Crippen LogP contribution in [0.3, 0.4) is 0 Å². The molecule has 1 aliphatic rings. The normalized spacial score (nSPS) is 20.8. The maximum Gasteiger partial charge on any atom is 0.185 e. The Morgan fingerprint density at radius 3 is 2.90 bits per heavy atom. The fourth-order valence-electron chi connectivity index (χ4n) is 2.86. The molecule has 0 saturated heterocycles. The summed E-state index contributed by atoms with van der Waals surface area (Å²) < 4.78 is 5.12. The average molecular weight is 297 g/mol. The molecule has 1 N–H and O–H groups in total. The number of thiazole rings is 1. The van der Waals surface area contributed by atoms with Gasteiger partial charge >= 0.3 is 0 Å². The molecule has 0 aromatic carbocycles. The number of nitrogens with one attached hydrogen (secondary N) is 1. The van der Waals surface area contributed by atoms with E-state index in [-0.39, 0.29) is 0 Å². The van der Waals surface area contributed by atoms with E-state index in [9.17, 15) is 0 Å². The number of ether oxygens (including phenoxy) is 1. The maximum absolute atomic E-state index is 5.12. The molecule has 114 valence electrons.